The summed E-state index contributed by atoms with van der Waals surface area (Å²) in [6.45, 7) is 4.06. The van der Waals surface area contributed by atoms with Crippen LogP contribution in [-0.4, -0.2) is 69.4 Å². The third-order valence-corrected chi connectivity index (χ3v) is 4.67. The Labute approximate surface area is 134 Å². The first kappa shape index (κ1) is 14.4. The van der Waals surface area contributed by atoms with Gasteiger partial charge in [0.15, 0.2) is 5.65 Å². The van der Waals surface area contributed by atoms with Gasteiger partial charge in [-0.15, -0.1) is 15.3 Å². The first-order valence-electron chi connectivity index (χ1n) is 8.25. The van der Waals surface area contributed by atoms with Crippen LogP contribution in [0.2, 0.25) is 0 Å². The second kappa shape index (κ2) is 6.11. The van der Waals surface area contributed by atoms with E-state index in [9.17, 15) is 4.79 Å². The van der Waals surface area contributed by atoms with Crippen molar-refractivity contribution < 1.29 is 4.79 Å². The van der Waals surface area contributed by atoms with Crippen LogP contribution in [0.1, 0.15) is 19.3 Å². The SMILES string of the molecule is O=C([C@H]1CCCCN1)N1CCN(c2ccc3nncn3n2)CC1. The van der Waals surface area contributed by atoms with Crippen molar-refractivity contribution in [1.82, 2.24) is 30.0 Å². The van der Waals surface area contributed by atoms with E-state index in [2.05, 4.69) is 25.5 Å². The smallest absolute Gasteiger partial charge is 0.239 e. The van der Waals surface area contributed by atoms with Crippen LogP contribution in [0.4, 0.5) is 5.82 Å². The molecule has 0 aromatic carbocycles. The van der Waals surface area contributed by atoms with Crippen LogP contribution in [-0.2, 0) is 4.79 Å². The van der Waals surface area contributed by atoms with E-state index in [-0.39, 0.29) is 11.9 Å². The highest BCUT2D eigenvalue weighted by Gasteiger charge is 2.28. The molecule has 1 amide bonds. The van der Waals surface area contributed by atoms with Gasteiger partial charge in [0.2, 0.25) is 5.91 Å². The molecule has 8 nitrogen and oxygen atoms in total. The van der Waals surface area contributed by atoms with E-state index in [4.69, 9.17) is 0 Å². The van der Waals surface area contributed by atoms with Gasteiger partial charge in [0.1, 0.15) is 12.1 Å². The number of anilines is 1. The molecular formula is C15H21N7O. The fourth-order valence-corrected chi connectivity index (χ4v) is 3.33. The lowest BCUT2D eigenvalue weighted by molar-refractivity contribution is -0.134. The summed E-state index contributed by atoms with van der Waals surface area (Å²) in [6, 6.07) is 3.89. The summed E-state index contributed by atoms with van der Waals surface area (Å²) in [4.78, 5) is 16.7. The maximum atomic E-state index is 12.5. The first-order chi connectivity index (χ1) is 11.3. The Kier molecular flexibility index (Phi) is 3.82. The summed E-state index contributed by atoms with van der Waals surface area (Å²) in [5, 5.41) is 15.7. The zero-order chi connectivity index (χ0) is 15.6. The Morgan fingerprint density at radius 1 is 1.17 bits per heavy atom. The molecule has 4 heterocycles. The third kappa shape index (κ3) is 2.86. The molecule has 23 heavy (non-hydrogen) atoms. The Bertz CT molecular complexity index is 686. The Morgan fingerprint density at radius 3 is 2.83 bits per heavy atom. The predicted octanol–water partition coefficient (Wildman–Crippen LogP) is -0.0850. The molecule has 0 saturated carbocycles. The highest BCUT2D eigenvalue weighted by atomic mass is 16.2. The molecule has 0 bridgehead atoms. The van der Waals surface area contributed by atoms with E-state index in [0.29, 0.717) is 0 Å². The molecule has 0 unspecified atom stereocenters. The molecule has 2 aromatic rings. The number of nitrogens with one attached hydrogen (secondary N) is 1. The van der Waals surface area contributed by atoms with E-state index in [1.165, 1.54) is 6.42 Å². The number of aromatic nitrogens is 4. The number of rotatable bonds is 2. The van der Waals surface area contributed by atoms with Crippen molar-refractivity contribution in [2.24, 2.45) is 0 Å². The quantitative estimate of drug-likeness (QED) is 0.835. The van der Waals surface area contributed by atoms with Gasteiger partial charge in [-0.05, 0) is 31.5 Å². The molecule has 0 aliphatic carbocycles. The molecule has 0 radical (unpaired) electrons. The maximum Gasteiger partial charge on any atom is 0.239 e. The lowest BCUT2D eigenvalue weighted by atomic mass is 10.0. The topological polar surface area (TPSA) is 78.7 Å². The van der Waals surface area contributed by atoms with Gasteiger partial charge in [0.05, 0.1) is 6.04 Å². The Hall–Kier alpha value is -2.22. The van der Waals surface area contributed by atoms with Gasteiger partial charge >= 0.3 is 0 Å². The lowest BCUT2D eigenvalue weighted by Crippen LogP contribution is -2.55. The summed E-state index contributed by atoms with van der Waals surface area (Å²) in [5.74, 6) is 1.16. The molecular weight excluding hydrogens is 294 g/mol. The molecule has 2 fully saturated rings. The number of piperidine rings is 1. The molecule has 1 atom stereocenters. The van der Waals surface area contributed by atoms with E-state index in [0.717, 1.165) is 57.0 Å². The molecule has 8 heteroatoms. The predicted molar refractivity (Wildman–Crippen MR) is 85.2 cm³/mol. The van der Waals surface area contributed by atoms with Gasteiger partial charge in [0, 0.05) is 26.2 Å². The minimum Gasteiger partial charge on any atom is -0.352 e. The molecule has 122 valence electrons. The Balaban J connectivity index is 1.39. The van der Waals surface area contributed by atoms with Gasteiger partial charge in [-0.3, -0.25) is 4.79 Å². The van der Waals surface area contributed by atoms with Gasteiger partial charge in [-0.1, -0.05) is 6.42 Å². The highest BCUT2D eigenvalue weighted by Crippen LogP contribution is 2.16. The van der Waals surface area contributed by atoms with E-state index < -0.39 is 0 Å². The molecule has 1 N–H and O–H groups in total. The van der Waals surface area contributed by atoms with Crippen LogP contribution in [0.5, 0.6) is 0 Å². The summed E-state index contributed by atoms with van der Waals surface area (Å²) in [5.41, 5.74) is 0.742. The average Bonchev–Trinajstić information content (AvgIpc) is 3.10. The van der Waals surface area contributed by atoms with Gasteiger partial charge in [-0.2, -0.15) is 4.52 Å². The molecule has 2 saturated heterocycles. The number of hydrogen-bond donors (Lipinski definition) is 1. The van der Waals surface area contributed by atoms with Crippen LogP contribution in [0.3, 0.4) is 0 Å². The standard InChI is InChI=1S/C15H21N7O/c23-15(12-3-1-2-6-16-12)21-9-7-20(8-10-21)14-5-4-13-18-17-11-22(13)19-14/h4-5,11-12,16H,1-3,6-10H2/t12-/m1/s1. The molecule has 4 rings (SSSR count). The number of amides is 1. The average molecular weight is 315 g/mol. The number of fused-ring (bicyclic) bond motifs is 1. The van der Waals surface area contributed by atoms with Crippen LogP contribution < -0.4 is 10.2 Å². The number of carbonyl (C=O) groups excluding carboxylic acids is 1. The summed E-state index contributed by atoms with van der Waals surface area (Å²) < 4.78 is 1.68. The minimum atomic E-state index is 0.0156. The second-order valence-corrected chi connectivity index (χ2v) is 6.14. The number of piperazine rings is 1. The fourth-order valence-electron chi connectivity index (χ4n) is 3.33. The van der Waals surface area contributed by atoms with Crippen LogP contribution in [0.15, 0.2) is 18.5 Å². The zero-order valence-electron chi connectivity index (χ0n) is 13.1. The zero-order valence-corrected chi connectivity index (χ0v) is 13.1. The fraction of sp³-hybridized carbons (Fsp3) is 0.600. The summed E-state index contributed by atoms with van der Waals surface area (Å²) >= 11 is 0. The Morgan fingerprint density at radius 2 is 2.04 bits per heavy atom. The largest absolute Gasteiger partial charge is 0.352 e. The van der Waals surface area contributed by atoms with Crippen LogP contribution in [0, 0.1) is 0 Å². The number of carbonyl (C=O) groups is 1. The van der Waals surface area contributed by atoms with Crippen molar-refractivity contribution in [3.63, 3.8) is 0 Å². The van der Waals surface area contributed by atoms with Crippen molar-refractivity contribution in [3.8, 4) is 0 Å². The molecule has 2 aliphatic rings. The van der Waals surface area contributed by atoms with Crippen molar-refractivity contribution in [1.29, 1.82) is 0 Å². The third-order valence-electron chi connectivity index (χ3n) is 4.67. The van der Waals surface area contributed by atoms with Crippen LogP contribution in [0.25, 0.3) is 5.65 Å². The van der Waals surface area contributed by atoms with Gasteiger partial charge in [0.25, 0.3) is 0 Å². The number of nitrogens with zero attached hydrogens (tertiary/aromatic N) is 6. The molecule has 2 aliphatic heterocycles. The maximum absolute atomic E-state index is 12.5. The lowest BCUT2D eigenvalue weighted by Gasteiger charge is -2.37. The van der Waals surface area contributed by atoms with Crippen LogP contribution >= 0.6 is 0 Å². The minimum absolute atomic E-state index is 0.0156. The highest BCUT2D eigenvalue weighted by molar-refractivity contribution is 5.82. The van der Waals surface area contributed by atoms with E-state index in [1.807, 2.05) is 17.0 Å². The van der Waals surface area contributed by atoms with Crippen molar-refractivity contribution >= 4 is 17.4 Å². The monoisotopic (exact) mass is 315 g/mol. The first-order valence-corrected chi connectivity index (χ1v) is 8.25. The molecule has 0 spiro atoms. The summed E-state index contributed by atoms with van der Waals surface area (Å²) in [7, 11) is 0. The van der Waals surface area contributed by atoms with Gasteiger partial charge < -0.3 is 15.1 Å². The number of hydrogen-bond acceptors (Lipinski definition) is 6. The van der Waals surface area contributed by atoms with Crippen molar-refractivity contribution in [2.45, 2.75) is 25.3 Å². The normalized spacial score (nSPS) is 22.5. The van der Waals surface area contributed by atoms with E-state index in [1.54, 1.807) is 10.8 Å². The second-order valence-electron chi connectivity index (χ2n) is 6.14. The van der Waals surface area contributed by atoms with Crippen molar-refractivity contribution in [2.75, 3.05) is 37.6 Å². The van der Waals surface area contributed by atoms with Gasteiger partial charge in [-0.25, -0.2) is 0 Å². The summed E-state index contributed by atoms with van der Waals surface area (Å²) in [6.07, 6.45) is 4.89. The molecule has 2 aromatic heterocycles. The van der Waals surface area contributed by atoms with E-state index >= 15 is 0 Å². The van der Waals surface area contributed by atoms with Crippen molar-refractivity contribution in [3.05, 3.63) is 18.5 Å².